The summed E-state index contributed by atoms with van der Waals surface area (Å²) in [5, 5.41) is 17.3. The number of nitrogen functional groups attached to an aromatic ring is 1. The third kappa shape index (κ3) is 5.91. The molecule has 0 bridgehead atoms. The van der Waals surface area contributed by atoms with Gasteiger partial charge in [0.2, 0.25) is 17.9 Å². The summed E-state index contributed by atoms with van der Waals surface area (Å²) in [7, 11) is 0. The van der Waals surface area contributed by atoms with Crippen LogP contribution in [0.25, 0.3) is 5.69 Å². The Labute approximate surface area is 239 Å². The van der Waals surface area contributed by atoms with Crippen LogP contribution in [0.5, 0.6) is 5.88 Å². The molecule has 3 atom stereocenters. The molecule has 2 fully saturated rings. The number of anilines is 2. The van der Waals surface area contributed by atoms with Crippen LogP contribution in [0.15, 0.2) is 36.5 Å². The lowest BCUT2D eigenvalue weighted by Crippen LogP contribution is -2.46. The van der Waals surface area contributed by atoms with Gasteiger partial charge in [0.15, 0.2) is 0 Å². The van der Waals surface area contributed by atoms with Crippen LogP contribution in [-0.4, -0.2) is 62.2 Å². The smallest absolute Gasteiger partial charge is 0.429 e. The molecule has 2 saturated heterocycles. The van der Waals surface area contributed by atoms with E-state index in [0.29, 0.717) is 43.9 Å². The standard InChI is InChI=1S/C27H31ClF3N7O3/c1-3-20-26(14-18(33-20)24(39)40)7-10-37(11-8-26)21-13-22(35-25(32)34-21)41-23(27(29,30)31)17-5-4-16(28)12-19(17)38-9-6-15(2)36-38/h4-6,9,12-13,18,20,23,33H,3,7-8,10-11,14H2,1-2H3,(H,39,40)(H2,32,34,35)/t18?,20?,23-/m1/s1. The van der Waals surface area contributed by atoms with Crippen molar-refractivity contribution in [3.8, 4) is 11.6 Å². The maximum absolute atomic E-state index is 14.5. The number of piperidine rings is 1. The van der Waals surface area contributed by atoms with Crippen LogP contribution in [0.1, 0.15) is 50.0 Å². The van der Waals surface area contributed by atoms with E-state index in [2.05, 4.69) is 20.4 Å². The fourth-order valence-electron chi connectivity index (χ4n) is 6.04. The van der Waals surface area contributed by atoms with Crippen LogP contribution in [0, 0.1) is 12.3 Å². The van der Waals surface area contributed by atoms with Gasteiger partial charge in [-0.05, 0) is 56.2 Å². The highest BCUT2D eigenvalue weighted by Gasteiger charge is 2.50. The first-order chi connectivity index (χ1) is 19.4. The maximum Gasteiger partial charge on any atom is 0.429 e. The summed E-state index contributed by atoms with van der Waals surface area (Å²) >= 11 is 6.13. The monoisotopic (exact) mass is 593 g/mol. The van der Waals surface area contributed by atoms with E-state index >= 15 is 0 Å². The molecule has 2 aliphatic heterocycles. The third-order valence-electron chi connectivity index (χ3n) is 8.03. The van der Waals surface area contributed by atoms with E-state index in [9.17, 15) is 23.1 Å². The van der Waals surface area contributed by atoms with Gasteiger partial charge in [0.25, 0.3) is 0 Å². The first kappa shape index (κ1) is 28.9. The molecule has 0 amide bonds. The summed E-state index contributed by atoms with van der Waals surface area (Å²) in [6, 6.07) is 6.51. The number of hydrogen-bond acceptors (Lipinski definition) is 8. The minimum absolute atomic E-state index is 0.0693. The van der Waals surface area contributed by atoms with E-state index in [0.717, 1.165) is 6.42 Å². The minimum atomic E-state index is -4.81. The van der Waals surface area contributed by atoms with Crippen LogP contribution in [0.2, 0.25) is 5.02 Å². The summed E-state index contributed by atoms with van der Waals surface area (Å²) in [5.41, 5.74) is 6.29. The lowest BCUT2D eigenvalue weighted by atomic mass is 9.71. The molecule has 1 aromatic carbocycles. The first-order valence-corrected chi connectivity index (χ1v) is 13.7. The van der Waals surface area contributed by atoms with Crippen LogP contribution in [-0.2, 0) is 4.79 Å². The lowest BCUT2D eigenvalue weighted by molar-refractivity contribution is -0.198. The molecule has 4 N–H and O–H groups in total. The second-order valence-electron chi connectivity index (χ2n) is 10.6. The molecule has 4 heterocycles. The SMILES string of the molecule is CCC1NC(C(=O)O)CC12CCN(c1cc(O[C@H](c3ccc(Cl)cc3-n3ccc(C)n3)C(F)(F)F)nc(N)n1)CC2. The zero-order valence-corrected chi connectivity index (χ0v) is 23.3. The van der Waals surface area contributed by atoms with Gasteiger partial charge < -0.3 is 25.8 Å². The van der Waals surface area contributed by atoms with Crippen LogP contribution >= 0.6 is 11.6 Å². The average Bonchev–Trinajstić information content (AvgIpc) is 3.50. The van der Waals surface area contributed by atoms with E-state index in [-0.39, 0.29) is 39.6 Å². The van der Waals surface area contributed by atoms with Crippen LogP contribution in [0.4, 0.5) is 24.9 Å². The number of aromatic nitrogens is 4. The predicted octanol–water partition coefficient (Wildman–Crippen LogP) is 4.70. The predicted molar refractivity (Wildman–Crippen MR) is 146 cm³/mol. The highest BCUT2D eigenvalue weighted by atomic mass is 35.5. The van der Waals surface area contributed by atoms with Crippen molar-refractivity contribution in [1.82, 2.24) is 25.1 Å². The Kier molecular flexibility index (Phi) is 7.77. The molecule has 220 valence electrons. The van der Waals surface area contributed by atoms with Gasteiger partial charge in [-0.15, -0.1) is 0 Å². The molecule has 0 saturated carbocycles. The van der Waals surface area contributed by atoms with Crippen molar-refractivity contribution in [2.24, 2.45) is 5.41 Å². The van der Waals surface area contributed by atoms with Gasteiger partial charge in [-0.25, -0.2) is 4.68 Å². The van der Waals surface area contributed by atoms with Crippen molar-refractivity contribution in [2.45, 2.75) is 63.9 Å². The quantitative estimate of drug-likeness (QED) is 0.357. The largest absolute Gasteiger partial charge is 0.480 e. The molecule has 2 aliphatic rings. The molecule has 5 rings (SSSR count). The molecule has 10 nitrogen and oxygen atoms in total. The third-order valence-corrected chi connectivity index (χ3v) is 8.26. The van der Waals surface area contributed by atoms with Gasteiger partial charge in [-0.1, -0.05) is 24.6 Å². The number of nitrogens with one attached hydrogen (secondary N) is 1. The Morgan fingerprint density at radius 3 is 2.61 bits per heavy atom. The van der Waals surface area contributed by atoms with Crippen molar-refractivity contribution in [3.63, 3.8) is 0 Å². The number of nitrogens with zero attached hydrogens (tertiary/aromatic N) is 5. The number of carbonyl (C=O) groups is 1. The number of alkyl halides is 3. The molecule has 2 unspecified atom stereocenters. The lowest BCUT2D eigenvalue weighted by Gasteiger charge is -2.43. The first-order valence-electron chi connectivity index (χ1n) is 13.3. The number of ether oxygens (including phenoxy) is 1. The van der Waals surface area contributed by atoms with Gasteiger partial charge in [0, 0.05) is 42.0 Å². The number of rotatable bonds is 7. The number of carboxylic acids is 1. The van der Waals surface area contributed by atoms with Gasteiger partial charge in [-0.3, -0.25) is 4.79 Å². The second-order valence-corrected chi connectivity index (χ2v) is 11.1. The van der Waals surface area contributed by atoms with Crippen molar-refractivity contribution in [3.05, 3.63) is 52.8 Å². The van der Waals surface area contributed by atoms with E-state index in [1.54, 1.807) is 19.2 Å². The zero-order valence-electron chi connectivity index (χ0n) is 22.5. The molecule has 0 radical (unpaired) electrons. The highest BCUT2D eigenvalue weighted by molar-refractivity contribution is 6.30. The van der Waals surface area contributed by atoms with Crippen molar-refractivity contribution < 1.29 is 27.8 Å². The Morgan fingerprint density at radius 2 is 2.00 bits per heavy atom. The Hall–Kier alpha value is -3.58. The molecular formula is C27H31ClF3N7O3. The number of aliphatic carboxylic acids is 1. The van der Waals surface area contributed by atoms with Crippen molar-refractivity contribution >= 4 is 29.3 Å². The number of nitrogens with two attached hydrogens (primary N) is 1. The number of aryl methyl sites for hydroxylation is 1. The maximum atomic E-state index is 14.5. The van der Waals surface area contributed by atoms with E-state index in [4.69, 9.17) is 22.1 Å². The van der Waals surface area contributed by atoms with Crippen molar-refractivity contribution in [2.75, 3.05) is 23.7 Å². The number of hydrogen-bond donors (Lipinski definition) is 3. The molecule has 41 heavy (non-hydrogen) atoms. The highest BCUT2D eigenvalue weighted by Crippen LogP contribution is 2.46. The molecule has 2 aromatic heterocycles. The van der Waals surface area contributed by atoms with Gasteiger partial charge in [-0.2, -0.15) is 28.2 Å². The summed E-state index contributed by atoms with van der Waals surface area (Å²) in [5.74, 6) is -1.07. The van der Waals surface area contributed by atoms with E-state index < -0.39 is 24.3 Å². The number of carboxylic acid groups (broad SMARTS) is 1. The summed E-state index contributed by atoms with van der Waals surface area (Å²) in [4.78, 5) is 21.8. The summed E-state index contributed by atoms with van der Waals surface area (Å²) in [6.45, 7) is 4.82. The van der Waals surface area contributed by atoms with E-state index in [1.165, 1.54) is 28.9 Å². The second kappa shape index (κ2) is 11.0. The minimum Gasteiger partial charge on any atom is -0.480 e. The Morgan fingerprint density at radius 1 is 1.27 bits per heavy atom. The Balaban J connectivity index is 1.40. The molecule has 3 aromatic rings. The summed E-state index contributed by atoms with van der Waals surface area (Å²) in [6.07, 6.45) is -2.94. The fourth-order valence-corrected chi connectivity index (χ4v) is 6.20. The molecule has 0 aliphatic carbocycles. The van der Waals surface area contributed by atoms with Gasteiger partial charge in [0.1, 0.15) is 11.9 Å². The molecule has 1 spiro atoms. The summed E-state index contributed by atoms with van der Waals surface area (Å²) < 4.78 is 50.2. The molecule has 14 heteroatoms. The number of halogens is 4. The van der Waals surface area contributed by atoms with Gasteiger partial charge in [0.05, 0.1) is 11.4 Å². The topological polar surface area (TPSA) is 131 Å². The molecular weight excluding hydrogens is 563 g/mol. The van der Waals surface area contributed by atoms with Gasteiger partial charge >= 0.3 is 12.1 Å². The average molecular weight is 594 g/mol. The zero-order chi connectivity index (χ0) is 29.5. The Bertz CT molecular complexity index is 1430. The van der Waals surface area contributed by atoms with Crippen LogP contribution in [0.3, 0.4) is 0 Å². The fraction of sp³-hybridized carbons (Fsp3) is 0.481. The van der Waals surface area contributed by atoms with Crippen LogP contribution < -0.4 is 20.7 Å². The normalized spacial score (nSPS) is 21.3. The van der Waals surface area contributed by atoms with E-state index in [1.807, 2.05) is 11.8 Å². The number of benzene rings is 1. The van der Waals surface area contributed by atoms with Crippen molar-refractivity contribution in [1.29, 1.82) is 0 Å².